The zero-order valence-corrected chi connectivity index (χ0v) is 12.8. The highest BCUT2D eigenvalue weighted by atomic mass is 79.9. The van der Waals surface area contributed by atoms with E-state index in [2.05, 4.69) is 15.9 Å². The third kappa shape index (κ3) is 4.84. The first-order chi connectivity index (χ1) is 9.31. The minimum Gasteiger partial charge on any atom is -0.489 e. The van der Waals surface area contributed by atoms with E-state index in [1.807, 2.05) is 0 Å². The Morgan fingerprint density at radius 3 is 2.25 bits per heavy atom. The molecule has 1 aliphatic rings. The van der Waals surface area contributed by atoms with Crippen molar-refractivity contribution in [1.82, 2.24) is 0 Å². The van der Waals surface area contributed by atoms with Gasteiger partial charge < -0.3 is 18.9 Å². The van der Waals surface area contributed by atoms with Gasteiger partial charge in [-0.25, -0.2) is 0 Å². The van der Waals surface area contributed by atoms with Crippen LogP contribution in [0.25, 0.3) is 0 Å². The van der Waals surface area contributed by atoms with Crippen LogP contribution in [0.3, 0.4) is 0 Å². The second-order valence-corrected chi connectivity index (χ2v) is 5.00. The van der Waals surface area contributed by atoms with Gasteiger partial charge in [-0.05, 0) is 15.9 Å². The molecule has 0 aromatic heterocycles. The third-order valence-electron chi connectivity index (χ3n) is 2.34. The molecular weight excluding hydrogens is 336 g/mol. The third-order valence-corrected chi connectivity index (χ3v) is 2.98. The van der Waals surface area contributed by atoms with Gasteiger partial charge in [-0.15, -0.1) is 0 Å². The Hall–Kier alpha value is -1.57. The van der Waals surface area contributed by atoms with E-state index >= 15 is 0 Å². The van der Waals surface area contributed by atoms with Crippen molar-refractivity contribution in [2.45, 2.75) is 39.1 Å². The molecule has 8 heteroatoms. The van der Waals surface area contributed by atoms with E-state index in [-0.39, 0.29) is 6.61 Å². The highest BCUT2D eigenvalue weighted by Gasteiger charge is 2.41. The predicted molar refractivity (Wildman–Crippen MR) is 69.6 cm³/mol. The lowest BCUT2D eigenvalue weighted by molar-refractivity contribution is -0.179. The minimum absolute atomic E-state index is 0.123. The average molecular weight is 351 g/mol. The van der Waals surface area contributed by atoms with Gasteiger partial charge in [0.2, 0.25) is 0 Å². The van der Waals surface area contributed by atoms with Gasteiger partial charge in [0.25, 0.3) is 0 Å². The zero-order chi connectivity index (χ0) is 15.3. The van der Waals surface area contributed by atoms with Crippen LogP contribution in [-0.4, -0.2) is 42.8 Å². The molecule has 3 atom stereocenters. The summed E-state index contributed by atoms with van der Waals surface area (Å²) >= 11 is 3.18. The largest absolute Gasteiger partial charge is 0.489 e. The summed E-state index contributed by atoms with van der Waals surface area (Å²) in [5.41, 5.74) is 0. The first-order valence-electron chi connectivity index (χ1n) is 5.80. The van der Waals surface area contributed by atoms with Crippen molar-refractivity contribution in [2.24, 2.45) is 0 Å². The molecular formula is C12H15BrO7. The van der Waals surface area contributed by atoms with E-state index in [9.17, 15) is 14.4 Å². The van der Waals surface area contributed by atoms with Crippen LogP contribution in [0.15, 0.2) is 10.7 Å². The van der Waals surface area contributed by atoms with Crippen molar-refractivity contribution in [2.75, 3.05) is 6.61 Å². The molecule has 112 valence electrons. The normalized spacial score (nSPS) is 25.0. The average Bonchev–Trinajstić information content (AvgIpc) is 2.31. The van der Waals surface area contributed by atoms with Gasteiger partial charge in [0.1, 0.15) is 6.61 Å². The number of carbonyl (C=O) groups excluding carboxylic acids is 3. The van der Waals surface area contributed by atoms with Gasteiger partial charge in [-0.1, -0.05) is 0 Å². The van der Waals surface area contributed by atoms with Crippen LogP contribution in [-0.2, 0) is 33.3 Å². The number of ether oxygens (including phenoxy) is 4. The number of hydrogen-bond donors (Lipinski definition) is 0. The second kappa shape index (κ2) is 7.28. The maximum Gasteiger partial charge on any atom is 0.303 e. The Balaban J connectivity index is 2.90. The SMILES string of the molecule is CC(=O)OC[C@H]1OC=C(Br)[C@@H](OC(C)=O)[C@@H]1OC(C)=O. The molecule has 1 rings (SSSR count). The molecule has 20 heavy (non-hydrogen) atoms. The second-order valence-electron chi connectivity index (χ2n) is 4.08. The number of halogens is 1. The molecule has 0 fully saturated rings. The maximum absolute atomic E-state index is 11.2. The van der Waals surface area contributed by atoms with Gasteiger partial charge >= 0.3 is 17.9 Å². The molecule has 0 radical (unpaired) electrons. The molecule has 0 N–H and O–H groups in total. The van der Waals surface area contributed by atoms with E-state index in [0.29, 0.717) is 4.48 Å². The zero-order valence-electron chi connectivity index (χ0n) is 11.3. The smallest absolute Gasteiger partial charge is 0.303 e. The van der Waals surface area contributed by atoms with E-state index in [1.165, 1.54) is 27.0 Å². The van der Waals surface area contributed by atoms with Crippen LogP contribution < -0.4 is 0 Å². The van der Waals surface area contributed by atoms with Crippen molar-refractivity contribution in [3.63, 3.8) is 0 Å². The predicted octanol–water partition coefficient (Wildman–Crippen LogP) is 1.05. The fourth-order valence-corrected chi connectivity index (χ4v) is 2.08. The number of rotatable bonds is 4. The number of hydrogen-bond acceptors (Lipinski definition) is 7. The van der Waals surface area contributed by atoms with Gasteiger partial charge in [-0.2, -0.15) is 0 Å². The highest BCUT2D eigenvalue weighted by Crippen LogP contribution is 2.28. The number of carbonyl (C=O) groups is 3. The Morgan fingerprint density at radius 1 is 1.15 bits per heavy atom. The summed E-state index contributed by atoms with van der Waals surface area (Å²) in [6.07, 6.45) is -1.18. The van der Waals surface area contributed by atoms with Crippen molar-refractivity contribution < 1.29 is 33.3 Å². The molecule has 1 heterocycles. The summed E-state index contributed by atoms with van der Waals surface area (Å²) in [6, 6.07) is 0. The molecule has 0 aliphatic carbocycles. The van der Waals surface area contributed by atoms with E-state index in [1.54, 1.807) is 0 Å². The Kier molecular flexibility index (Phi) is 6.00. The molecule has 0 bridgehead atoms. The minimum atomic E-state index is -0.907. The quantitative estimate of drug-likeness (QED) is 0.553. The van der Waals surface area contributed by atoms with E-state index in [0.717, 1.165) is 0 Å². The van der Waals surface area contributed by atoms with Crippen LogP contribution in [0.4, 0.5) is 0 Å². The Bertz CT molecular complexity index is 432. The van der Waals surface area contributed by atoms with Crippen LogP contribution in [0, 0.1) is 0 Å². The van der Waals surface area contributed by atoms with Crippen LogP contribution in [0.1, 0.15) is 20.8 Å². The van der Waals surface area contributed by atoms with Gasteiger partial charge in [0.15, 0.2) is 18.3 Å². The van der Waals surface area contributed by atoms with E-state index < -0.39 is 36.2 Å². The standard InChI is InChI=1S/C12H15BrO7/c1-6(14)17-5-10-12(20-8(3)16)11(19-7(2)15)9(13)4-18-10/h4,10-12H,5H2,1-3H3/t10-,11-,12-/m1/s1. The lowest BCUT2D eigenvalue weighted by Gasteiger charge is -2.34. The van der Waals surface area contributed by atoms with Crippen LogP contribution in [0.2, 0.25) is 0 Å². The Labute approximate surface area is 124 Å². The topological polar surface area (TPSA) is 88.1 Å². The molecule has 0 saturated heterocycles. The first kappa shape index (κ1) is 16.5. The lowest BCUT2D eigenvalue weighted by atomic mass is 10.1. The van der Waals surface area contributed by atoms with E-state index in [4.69, 9.17) is 18.9 Å². The summed E-state index contributed by atoms with van der Waals surface area (Å²) in [5, 5.41) is 0. The van der Waals surface area contributed by atoms with Crippen molar-refractivity contribution in [3.05, 3.63) is 10.7 Å². The summed E-state index contributed by atoms with van der Waals surface area (Å²) in [4.78, 5) is 33.1. The fraction of sp³-hybridized carbons (Fsp3) is 0.583. The Morgan fingerprint density at radius 2 is 1.75 bits per heavy atom. The molecule has 0 saturated carbocycles. The molecule has 0 aromatic carbocycles. The summed E-state index contributed by atoms with van der Waals surface area (Å²) in [7, 11) is 0. The summed E-state index contributed by atoms with van der Waals surface area (Å²) in [6.45, 7) is 3.59. The molecule has 0 aromatic rings. The molecule has 1 aliphatic heterocycles. The molecule has 7 nitrogen and oxygen atoms in total. The number of esters is 3. The van der Waals surface area contributed by atoms with Gasteiger partial charge in [-0.3, -0.25) is 14.4 Å². The summed E-state index contributed by atoms with van der Waals surface area (Å²) < 4.78 is 20.8. The van der Waals surface area contributed by atoms with Gasteiger partial charge in [0, 0.05) is 20.8 Å². The van der Waals surface area contributed by atoms with Gasteiger partial charge in [0.05, 0.1) is 10.7 Å². The molecule has 0 amide bonds. The van der Waals surface area contributed by atoms with Crippen molar-refractivity contribution >= 4 is 33.8 Å². The van der Waals surface area contributed by atoms with Crippen molar-refractivity contribution in [1.29, 1.82) is 0 Å². The van der Waals surface area contributed by atoms with Crippen LogP contribution >= 0.6 is 15.9 Å². The maximum atomic E-state index is 11.2. The lowest BCUT2D eigenvalue weighted by Crippen LogP contribution is -2.48. The molecule has 0 spiro atoms. The first-order valence-corrected chi connectivity index (χ1v) is 6.59. The fourth-order valence-electron chi connectivity index (χ4n) is 1.61. The summed E-state index contributed by atoms with van der Waals surface area (Å²) in [5.74, 6) is -1.59. The van der Waals surface area contributed by atoms with Crippen molar-refractivity contribution in [3.8, 4) is 0 Å². The monoisotopic (exact) mass is 350 g/mol. The highest BCUT2D eigenvalue weighted by molar-refractivity contribution is 9.11. The van der Waals surface area contributed by atoms with Crippen LogP contribution in [0.5, 0.6) is 0 Å². The molecule has 0 unspecified atom stereocenters.